The molecule has 1 spiro atoms. The van der Waals surface area contributed by atoms with Crippen molar-refractivity contribution in [3.05, 3.63) is 39.0 Å². The number of aromatic nitrogens is 3. The first-order chi connectivity index (χ1) is 12.4. The number of carbonyl (C=O) groups excluding carboxylic acids is 1. The van der Waals surface area contributed by atoms with Crippen molar-refractivity contribution in [2.75, 3.05) is 11.1 Å². The van der Waals surface area contributed by atoms with E-state index in [-0.39, 0.29) is 28.0 Å². The molecule has 0 atom stereocenters. The first kappa shape index (κ1) is 17.0. The summed E-state index contributed by atoms with van der Waals surface area (Å²) < 4.78 is 1.73. The molecule has 0 saturated heterocycles. The maximum atomic E-state index is 13.3. The van der Waals surface area contributed by atoms with Crippen LogP contribution in [0, 0.1) is 6.92 Å². The number of rotatable bonds is 2. The second kappa shape index (κ2) is 6.09. The topological polar surface area (TPSA) is 103 Å². The van der Waals surface area contributed by atoms with Crippen molar-refractivity contribution in [2.45, 2.75) is 51.0 Å². The molecule has 2 aromatic rings. The van der Waals surface area contributed by atoms with Crippen LogP contribution in [-0.2, 0) is 5.54 Å². The first-order valence-electron chi connectivity index (χ1n) is 8.76. The fourth-order valence-electron chi connectivity index (χ4n) is 4.30. The third kappa shape index (κ3) is 2.49. The smallest absolute Gasteiger partial charge is 0.275 e. The van der Waals surface area contributed by atoms with Crippen LogP contribution < -0.4 is 16.6 Å². The summed E-state index contributed by atoms with van der Waals surface area (Å²) >= 11 is 6.14. The molecule has 4 rings (SSSR count). The van der Waals surface area contributed by atoms with Crippen LogP contribution in [0.1, 0.15) is 54.6 Å². The third-order valence-electron chi connectivity index (χ3n) is 5.47. The number of nitrogens with two attached hydrogens (primary N) is 1. The Labute approximate surface area is 155 Å². The molecular formula is C18H20ClN5O2. The van der Waals surface area contributed by atoms with Crippen LogP contribution in [0.25, 0.3) is 0 Å². The van der Waals surface area contributed by atoms with Crippen LogP contribution in [-0.4, -0.2) is 20.3 Å². The van der Waals surface area contributed by atoms with Crippen LogP contribution in [0.4, 0.5) is 17.3 Å². The van der Waals surface area contributed by atoms with E-state index in [2.05, 4.69) is 15.3 Å². The van der Waals surface area contributed by atoms with E-state index in [1.54, 1.807) is 10.6 Å². The number of fused-ring (bicyclic) bond motifs is 2. The number of ketones is 1. The summed E-state index contributed by atoms with van der Waals surface area (Å²) in [5, 5.41) is 3.15. The molecule has 0 radical (unpaired) electrons. The molecule has 8 heteroatoms. The lowest BCUT2D eigenvalue weighted by Crippen LogP contribution is -2.40. The van der Waals surface area contributed by atoms with Crippen molar-refractivity contribution in [1.82, 2.24) is 14.5 Å². The lowest BCUT2D eigenvalue weighted by atomic mass is 9.80. The van der Waals surface area contributed by atoms with Gasteiger partial charge in [-0.2, -0.15) is 0 Å². The predicted molar refractivity (Wildman–Crippen MR) is 100 cm³/mol. The number of nitrogens with one attached hydrogen (secondary N) is 1. The number of carbonyl (C=O) groups is 1. The number of halogens is 1. The van der Waals surface area contributed by atoms with Gasteiger partial charge in [-0.3, -0.25) is 14.2 Å². The lowest BCUT2D eigenvalue weighted by molar-refractivity contribution is 0.0950. The highest BCUT2D eigenvalue weighted by Gasteiger charge is 2.45. The molecule has 3 N–H and O–H groups in total. The summed E-state index contributed by atoms with van der Waals surface area (Å²) in [4.78, 5) is 33.8. The first-order valence-corrected chi connectivity index (χ1v) is 9.14. The average Bonchev–Trinajstić information content (AvgIpc) is 2.89. The summed E-state index contributed by atoms with van der Waals surface area (Å²) in [7, 11) is 0. The van der Waals surface area contributed by atoms with E-state index in [1.165, 1.54) is 6.33 Å². The predicted octanol–water partition coefficient (Wildman–Crippen LogP) is 3.17. The Morgan fingerprint density at radius 1 is 1.23 bits per heavy atom. The summed E-state index contributed by atoms with van der Waals surface area (Å²) in [6, 6.07) is 1.68. The number of nitrogen functional groups attached to an aromatic ring is 1. The van der Waals surface area contributed by atoms with Crippen molar-refractivity contribution < 1.29 is 4.79 Å². The molecule has 0 aromatic carbocycles. The Bertz CT molecular complexity index is 963. The summed E-state index contributed by atoms with van der Waals surface area (Å²) in [5.74, 6) is 0.469. The van der Waals surface area contributed by atoms with Gasteiger partial charge in [0.15, 0.2) is 11.6 Å². The number of anilines is 3. The van der Waals surface area contributed by atoms with Crippen LogP contribution in [0.5, 0.6) is 0 Å². The second-order valence-corrected chi connectivity index (χ2v) is 7.54. The van der Waals surface area contributed by atoms with E-state index >= 15 is 0 Å². The van der Waals surface area contributed by atoms with E-state index < -0.39 is 5.54 Å². The number of hydrogen-bond donors (Lipinski definition) is 2. The van der Waals surface area contributed by atoms with Gasteiger partial charge in [0.25, 0.3) is 5.56 Å². The van der Waals surface area contributed by atoms with E-state index in [0.29, 0.717) is 17.8 Å². The molecule has 0 bridgehead atoms. The number of aryl methyl sites for hydroxylation is 1. The average molecular weight is 374 g/mol. The molecule has 1 saturated carbocycles. The molecule has 1 aliphatic heterocycles. The molecule has 3 heterocycles. The zero-order chi connectivity index (χ0) is 18.5. The van der Waals surface area contributed by atoms with E-state index in [4.69, 9.17) is 17.3 Å². The summed E-state index contributed by atoms with van der Waals surface area (Å²) in [6.07, 6.45) is 6.62. The minimum Gasteiger partial charge on any atom is -0.382 e. The molecule has 0 amide bonds. The minimum atomic E-state index is -0.390. The van der Waals surface area contributed by atoms with Crippen LogP contribution >= 0.6 is 11.6 Å². The SMILES string of the molecule is Cc1cc(Nc2ncnc(N)c2Cl)c(=O)n2c1C(=O)CC21CCCCC1. The van der Waals surface area contributed by atoms with E-state index in [0.717, 1.165) is 37.7 Å². The maximum Gasteiger partial charge on any atom is 0.275 e. The monoisotopic (exact) mass is 373 g/mol. The third-order valence-corrected chi connectivity index (χ3v) is 5.85. The standard InChI is InChI=1S/C18H20ClN5O2/c1-10-7-11(23-16-13(19)15(20)21-9-22-16)17(26)24-14(10)12(25)8-18(24)5-3-2-4-6-18/h7,9H,2-6,8H2,1H3,(H3,20,21,22,23). The molecule has 7 nitrogen and oxygen atoms in total. The Balaban J connectivity index is 1.86. The van der Waals surface area contributed by atoms with Gasteiger partial charge >= 0.3 is 0 Å². The Morgan fingerprint density at radius 2 is 1.96 bits per heavy atom. The van der Waals surface area contributed by atoms with E-state index in [1.807, 2.05) is 6.92 Å². The van der Waals surface area contributed by atoms with Crippen molar-refractivity contribution in [3.8, 4) is 0 Å². The zero-order valence-corrected chi connectivity index (χ0v) is 15.3. The minimum absolute atomic E-state index is 0.0531. The number of hydrogen-bond acceptors (Lipinski definition) is 6. The quantitative estimate of drug-likeness (QED) is 0.838. The fourth-order valence-corrected chi connectivity index (χ4v) is 4.45. The number of nitrogens with zero attached hydrogens (tertiary/aromatic N) is 3. The zero-order valence-electron chi connectivity index (χ0n) is 14.5. The van der Waals surface area contributed by atoms with Gasteiger partial charge in [0.1, 0.15) is 22.9 Å². The number of Topliss-reactive ketones (excluding diaryl/α,β-unsaturated/α-hetero) is 1. The van der Waals surface area contributed by atoms with Crippen molar-refractivity contribution in [3.63, 3.8) is 0 Å². The highest BCUT2D eigenvalue weighted by molar-refractivity contribution is 6.35. The van der Waals surface area contributed by atoms with Gasteiger partial charge in [-0.25, -0.2) is 9.97 Å². The highest BCUT2D eigenvalue weighted by atomic mass is 35.5. The normalized spacial score (nSPS) is 18.2. The van der Waals surface area contributed by atoms with Crippen LogP contribution in [0.15, 0.2) is 17.2 Å². The van der Waals surface area contributed by atoms with Gasteiger partial charge in [0, 0.05) is 6.42 Å². The molecule has 1 fully saturated rings. The Kier molecular flexibility index (Phi) is 3.99. The second-order valence-electron chi connectivity index (χ2n) is 7.16. The molecule has 26 heavy (non-hydrogen) atoms. The van der Waals surface area contributed by atoms with Gasteiger partial charge in [-0.05, 0) is 31.4 Å². The van der Waals surface area contributed by atoms with Crippen molar-refractivity contribution in [2.24, 2.45) is 0 Å². The van der Waals surface area contributed by atoms with Gasteiger partial charge in [-0.1, -0.05) is 30.9 Å². The van der Waals surface area contributed by atoms with E-state index in [9.17, 15) is 9.59 Å². The number of pyridine rings is 1. The Hall–Kier alpha value is -2.41. The maximum absolute atomic E-state index is 13.3. The van der Waals surface area contributed by atoms with Crippen molar-refractivity contribution in [1.29, 1.82) is 0 Å². The highest BCUT2D eigenvalue weighted by Crippen LogP contribution is 2.43. The summed E-state index contributed by atoms with van der Waals surface area (Å²) in [6.45, 7) is 1.85. The lowest BCUT2D eigenvalue weighted by Gasteiger charge is -2.35. The molecule has 2 aromatic heterocycles. The molecule has 1 aliphatic carbocycles. The van der Waals surface area contributed by atoms with Gasteiger partial charge < -0.3 is 11.1 Å². The summed E-state index contributed by atoms with van der Waals surface area (Å²) in [5.41, 5.74) is 6.76. The molecule has 0 unspecified atom stereocenters. The van der Waals surface area contributed by atoms with Gasteiger partial charge in [0.05, 0.1) is 11.2 Å². The largest absolute Gasteiger partial charge is 0.382 e. The molecule has 2 aliphatic rings. The van der Waals surface area contributed by atoms with Crippen molar-refractivity contribution >= 4 is 34.7 Å². The van der Waals surface area contributed by atoms with Crippen LogP contribution in [0.3, 0.4) is 0 Å². The fraction of sp³-hybridized carbons (Fsp3) is 0.444. The molecular weight excluding hydrogens is 354 g/mol. The van der Waals surface area contributed by atoms with Crippen LogP contribution in [0.2, 0.25) is 5.02 Å². The Morgan fingerprint density at radius 3 is 2.69 bits per heavy atom. The molecule has 136 valence electrons. The van der Waals surface area contributed by atoms with Gasteiger partial charge in [0.2, 0.25) is 0 Å². The van der Waals surface area contributed by atoms with Gasteiger partial charge in [-0.15, -0.1) is 0 Å².